The maximum absolute atomic E-state index is 10.2. The molecule has 88 valence electrons. The lowest BCUT2D eigenvalue weighted by atomic mass is 9.78. The van der Waals surface area contributed by atoms with Crippen molar-refractivity contribution in [3.63, 3.8) is 0 Å². The van der Waals surface area contributed by atoms with Crippen molar-refractivity contribution < 1.29 is 9.84 Å². The van der Waals surface area contributed by atoms with E-state index in [1.165, 1.54) is 25.7 Å². The summed E-state index contributed by atoms with van der Waals surface area (Å²) in [4.78, 5) is 0. The van der Waals surface area contributed by atoms with Gasteiger partial charge in [-0.15, -0.1) is 0 Å². The molecule has 2 atom stereocenters. The van der Waals surface area contributed by atoms with Crippen molar-refractivity contribution in [3.05, 3.63) is 0 Å². The molecule has 2 heteroatoms. The average molecular weight is 212 g/mol. The number of hydrogen-bond donors (Lipinski definition) is 1. The van der Waals surface area contributed by atoms with Crippen LogP contribution >= 0.6 is 0 Å². The molecule has 2 rings (SSSR count). The van der Waals surface area contributed by atoms with E-state index >= 15 is 0 Å². The van der Waals surface area contributed by atoms with Crippen molar-refractivity contribution in [2.75, 3.05) is 13.2 Å². The van der Waals surface area contributed by atoms with Gasteiger partial charge in [-0.2, -0.15) is 0 Å². The molecule has 0 bridgehead atoms. The number of aliphatic hydroxyl groups is 1. The molecule has 1 N–H and O–H groups in total. The number of rotatable bonds is 3. The largest absolute Gasteiger partial charge is 0.393 e. The van der Waals surface area contributed by atoms with Crippen molar-refractivity contribution in [1.29, 1.82) is 0 Å². The van der Waals surface area contributed by atoms with Gasteiger partial charge < -0.3 is 9.84 Å². The minimum Gasteiger partial charge on any atom is -0.393 e. The fourth-order valence-electron chi connectivity index (χ4n) is 2.97. The molecule has 1 saturated heterocycles. The van der Waals surface area contributed by atoms with Gasteiger partial charge in [-0.25, -0.2) is 0 Å². The minimum atomic E-state index is -0.0656. The molecule has 0 amide bonds. The molecule has 2 nitrogen and oxygen atoms in total. The molecule has 1 saturated carbocycles. The third kappa shape index (κ3) is 3.18. The summed E-state index contributed by atoms with van der Waals surface area (Å²) < 4.78 is 5.35. The van der Waals surface area contributed by atoms with E-state index in [1.807, 2.05) is 0 Å². The number of aliphatic hydroxyl groups excluding tert-OH is 1. The van der Waals surface area contributed by atoms with Crippen LogP contribution in [0.3, 0.4) is 0 Å². The van der Waals surface area contributed by atoms with Crippen LogP contribution in [0.1, 0.15) is 45.4 Å². The zero-order valence-electron chi connectivity index (χ0n) is 9.82. The van der Waals surface area contributed by atoms with E-state index in [2.05, 4.69) is 6.92 Å². The zero-order valence-corrected chi connectivity index (χ0v) is 9.82. The maximum atomic E-state index is 10.2. The Kier molecular flexibility index (Phi) is 4.04. The van der Waals surface area contributed by atoms with Gasteiger partial charge in [-0.1, -0.05) is 19.8 Å². The summed E-state index contributed by atoms with van der Waals surface area (Å²) in [5.74, 6) is 2.07. The van der Waals surface area contributed by atoms with Crippen molar-refractivity contribution >= 4 is 0 Å². The predicted octanol–water partition coefficient (Wildman–Crippen LogP) is 2.60. The van der Waals surface area contributed by atoms with E-state index in [-0.39, 0.29) is 6.10 Å². The Morgan fingerprint density at radius 1 is 1.20 bits per heavy atom. The summed E-state index contributed by atoms with van der Waals surface area (Å²) in [5.41, 5.74) is 0. The third-order valence-electron chi connectivity index (χ3n) is 4.20. The molecule has 1 aliphatic carbocycles. The van der Waals surface area contributed by atoms with Crippen LogP contribution in [0.2, 0.25) is 0 Å². The van der Waals surface area contributed by atoms with Gasteiger partial charge in [-0.3, -0.25) is 0 Å². The van der Waals surface area contributed by atoms with Crippen LogP contribution in [0.4, 0.5) is 0 Å². The van der Waals surface area contributed by atoms with Gasteiger partial charge in [0.1, 0.15) is 0 Å². The molecule has 0 aromatic carbocycles. The molecule has 1 aliphatic heterocycles. The van der Waals surface area contributed by atoms with Crippen LogP contribution in [0.5, 0.6) is 0 Å². The standard InChI is InChI=1S/C13H24O2/c1-10-2-4-12(5-3-10)13(14)8-11-6-7-15-9-11/h10-14H,2-9H2,1H3. The Labute approximate surface area is 93.0 Å². The van der Waals surface area contributed by atoms with Crippen molar-refractivity contribution in [1.82, 2.24) is 0 Å². The first-order valence-electron chi connectivity index (χ1n) is 6.51. The Bertz CT molecular complexity index is 179. The molecule has 0 aromatic heterocycles. The summed E-state index contributed by atoms with van der Waals surface area (Å²) in [5, 5.41) is 10.2. The normalized spacial score (nSPS) is 39.2. The van der Waals surface area contributed by atoms with E-state index in [9.17, 15) is 5.11 Å². The number of ether oxygens (including phenoxy) is 1. The van der Waals surface area contributed by atoms with E-state index < -0.39 is 0 Å². The second-order valence-electron chi connectivity index (χ2n) is 5.55. The second kappa shape index (κ2) is 5.31. The lowest BCUT2D eigenvalue weighted by Gasteiger charge is -2.30. The summed E-state index contributed by atoms with van der Waals surface area (Å²) in [7, 11) is 0. The predicted molar refractivity (Wildman–Crippen MR) is 60.7 cm³/mol. The maximum Gasteiger partial charge on any atom is 0.0571 e. The smallest absolute Gasteiger partial charge is 0.0571 e. The molecule has 0 spiro atoms. The highest BCUT2D eigenvalue weighted by Crippen LogP contribution is 2.33. The first-order chi connectivity index (χ1) is 7.25. The Morgan fingerprint density at radius 2 is 1.93 bits per heavy atom. The SMILES string of the molecule is CC1CCC(C(O)CC2CCOC2)CC1. The minimum absolute atomic E-state index is 0.0656. The van der Waals surface area contributed by atoms with Crippen LogP contribution in [0.25, 0.3) is 0 Å². The molecule has 1 heterocycles. The second-order valence-corrected chi connectivity index (χ2v) is 5.55. The third-order valence-corrected chi connectivity index (χ3v) is 4.20. The van der Waals surface area contributed by atoms with Crippen molar-refractivity contribution in [3.8, 4) is 0 Å². The van der Waals surface area contributed by atoms with Crippen LogP contribution in [0.15, 0.2) is 0 Å². The fraction of sp³-hybridized carbons (Fsp3) is 1.00. The highest BCUT2D eigenvalue weighted by molar-refractivity contribution is 4.78. The van der Waals surface area contributed by atoms with E-state index in [4.69, 9.17) is 4.74 Å². The van der Waals surface area contributed by atoms with E-state index in [0.717, 1.165) is 32.0 Å². The highest BCUT2D eigenvalue weighted by Gasteiger charge is 2.27. The zero-order chi connectivity index (χ0) is 10.7. The van der Waals surface area contributed by atoms with Gasteiger partial charge >= 0.3 is 0 Å². The van der Waals surface area contributed by atoms with Crippen LogP contribution in [0, 0.1) is 17.8 Å². The quantitative estimate of drug-likeness (QED) is 0.779. The van der Waals surface area contributed by atoms with E-state index in [1.54, 1.807) is 0 Å². The van der Waals surface area contributed by atoms with Gasteiger partial charge in [-0.05, 0) is 43.4 Å². The monoisotopic (exact) mass is 212 g/mol. The summed E-state index contributed by atoms with van der Waals surface area (Å²) in [6.07, 6.45) is 7.14. The first kappa shape index (κ1) is 11.4. The van der Waals surface area contributed by atoms with Gasteiger partial charge in [0.25, 0.3) is 0 Å². The molecular weight excluding hydrogens is 188 g/mol. The van der Waals surface area contributed by atoms with Crippen LogP contribution in [-0.2, 0) is 4.74 Å². The Balaban J connectivity index is 1.72. The van der Waals surface area contributed by atoms with Gasteiger partial charge in [0.2, 0.25) is 0 Å². The fourth-order valence-corrected chi connectivity index (χ4v) is 2.97. The van der Waals surface area contributed by atoms with Gasteiger partial charge in [0, 0.05) is 13.2 Å². The average Bonchev–Trinajstić information content (AvgIpc) is 2.71. The van der Waals surface area contributed by atoms with Crippen molar-refractivity contribution in [2.45, 2.75) is 51.6 Å². The highest BCUT2D eigenvalue weighted by atomic mass is 16.5. The summed E-state index contributed by atoms with van der Waals surface area (Å²) >= 11 is 0. The van der Waals surface area contributed by atoms with Gasteiger partial charge in [0.15, 0.2) is 0 Å². The number of hydrogen-bond acceptors (Lipinski definition) is 2. The lowest BCUT2D eigenvalue weighted by molar-refractivity contribution is 0.0523. The molecule has 2 fully saturated rings. The molecule has 2 aliphatic rings. The van der Waals surface area contributed by atoms with Crippen LogP contribution in [-0.4, -0.2) is 24.4 Å². The summed E-state index contributed by atoms with van der Waals surface area (Å²) in [6.45, 7) is 4.10. The molecule has 0 radical (unpaired) electrons. The Hall–Kier alpha value is -0.0800. The summed E-state index contributed by atoms with van der Waals surface area (Å²) in [6, 6.07) is 0. The van der Waals surface area contributed by atoms with Crippen molar-refractivity contribution in [2.24, 2.45) is 17.8 Å². The molecule has 2 unspecified atom stereocenters. The van der Waals surface area contributed by atoms with E-state index in [0.29, 0.717) is 11.8 Å². The molecular formula is C13H24O2. The molecule has 0 aromatic rings. The van der Waals surface area contributed by atoms with Crippen LogP contribution < -0.4 is 0 Å². The molecule has 15 heavy (non-hydrogen) atoms. The Morgan fingerprint density at radius 3 is 2.53 bits per heavy atom. The van der Waals surface area contributed by atoms with Gasteiger partial charge in [0.05, 0.1) is 6.10 Å². The lowest BCUT2D eigenvalue weighted by Crippen LogP contribution is -2.27. The topological polar surface area (TPSA) is 29.5 Å². The first-order valence-corrected chi connectivity index (χ1v) is 6.51.